The summed E-state index contributed by atoms with van der Waals surface area (Å²) in [7, 11) is 0. The lowest BCUT2D eigenvalue weighted by molar-refractivity contribution is -0.119. The molecule has 1 aliphatic rings. The van der Waals surface area contributed by atoms with Crippen LogP contribution in [0.4, 0.5) is 0 Å². The highest BCUT2D eigenvalue weighted by Crippen LogP contribution is 2.26. The number of ketones is 1. The number of thiazole rings is 1. The number of carbonyl (C=O) groups is 1. The van der Waals surface area contributed by atoms with Crippen LogP contribution in [0.25, 0.3) is 21.3 Å². The maximum absolute atomic E-state index is 12.3. The van der Waals surface area contributed by atoms with Gasteiger partial charge in [0.2, 0.25) is 0 Å². The van der Waals surface area contributed by atoms with Crippen molar-refractivity contribution >= 4 is 27.9 Å². The third-order valence-corrected chi connectivity index (χ3v) is 5.45. The molecule has 1 saturated heterocycles. The van der Waals surface area contributed by atoms with Crippen molar-refractivity contribution in [3.63, 3.8) is 0 Å². The van der Waals surface area contributed by atoms with Crippen LogP contribution in [0.1, 0.15) is 23.5 Å². The van der Waals surface area contributed by atoms with Gasteiger partial charge in [0, 0.05) is 29.7 Å². The number of nitrogens with zero attached hydrogens (tertiary/aromatic N) is 4. The second kappa shape index (κ2) is 6.98. The lowest BCUT2D eigenvalue weighted by Crippen LogP contribution is -2.27. The van der Waals surface area contributed by atoms with Crippen LogP contribution < -0.4 is 0 Å². The Morgan fingerprint density at radius 2 is 1.88 bits per heavy atom. The van der Waals surface area contributed by atoms with E-state index in [1.165, 1.54) is 12.8 Å². The molecule has 0 atom stereocenters. The maximum atomic E-state index is 12.3. The maximum Gasteiger partial charge on any atom is 0.152 e. The van der Waals surface area contributed by atoms with E-state index in [0.717, 1.165) is 45.1 Å². The zero-order valence-electron chi connectivity index (χ0n) is 14.2. The van der Waals surface area contributed by atoms with E-state index in [-0.39, 0.29) is 5.78 Å². The highest BCUT2D eigenvalue weighted by Gasteiger charge is 2.16. The van der Waals surface area contributed by atoms with Gasteiger partial charge in [-0.05, 0) is 50.4 Å². The van der Waals surface area contributed by atoms with Crippen LogP contribution in [0.5, 0.6) is 0 Å². The van der Waals surface area contributed by atoms with Crippen molar-refractivity contribution in [1.82, 2.24) is 19.9 Å². The van der Waals surface area contributed by atoms with Crippen molar-refractivity contribution in [3.05, 3.63) is 41.4 Å². The highest BCUT2D eigenvalue weighted by molar-refractivity contribution is 7.15. The van der Waals surface area contributed by atoms with Crippen molar-refractivity contribution in [1.29, 1.82) is 0 Å². The second-order valence-electron chi connectivity index (χ2n) is 6.53. The van der Waals surface area contributed by atoms with E-state index >= 15 is 0 Å². The van der Waals surface area contributed by atoms with Crippen molar-refractivity contribution in [3.8, 4) is 10.6 Å². The smallest absolute Gasteiger partial charge is 0.152 e. The first-order chi connectivity index (χ1) is 12.2. The van der Waals surface area contributed by atoms with Gasteiger partial charge < -0.3 is 0 Å². The van der Waals surface area contributed by atoms with Crippen LogP contribution in [-0.2, 0) is 11.2 Å². The van der Waals surface area contributed by atoms with Crippen LogP contribution in [0.2, 0.25) is 0 Å². The van der Waals surface area contributed by atoms with E-state index in [9.17, 15) is 4.79 Å². The Morgan fingerprint density at radius 3 is 2.64 bits per heavy atom. The fourth-order valence-electron chi connectivity index (χ4n) is 3.24. The van der Waals surface area contributed by atoms with Crippen molar-refractivity contribution < 1.29 is 4.79 Å². The van der Waals surface area contributed by atoms with E-state index in [0.29, 0.717) is 13.0 Å². The van der Waals surface area contributed by atoms with E-state index in [1.54, 1.807) is 11.3 Å². The first kappa shape index (κ1) is 16.3. The number of fused-ring (bicyclic) bond motifs is 1. The minimum atomic E-state index is 0.237. The third-order valence-electron chi connectivity index (χ3n) is 4.51. The molecule has 0 spiro atoms. The summed E-state index contributed by atoms with van der Waals surface area (Å²) < 4.78 is 0. The number of rotatable bonds is 5. The average molecular weight is 352 g/mol. The number of likely N-dealkylation sites (tertiary alicyclic amines) is 1. The number of hydrogen-bond acceptors (Lipinski definition) is 6. The Hall–Kier alpha value is -2.18. The highest BCUT2D eigenvalue weighted by atomic mass is 32.1. The predicted octanol–water partition coefficient (Wildman–Crippen LogP) is 3.27. The molecule has 5 nitrogen and oxygen atoms in total. The molecule has 6 heteroatoms. The third kappa shape index (κ3) is 3.75. The summed E-state index contributed by atoms with van der Waals surface area (Å²) in [5.41, 5.74) is 1.74. The van der Waals surface area contributed by atoms with E-state index in [2.05, 4.69) is 25.9 Å². The molecule has 1 fully saturated rings. The van der Waals surface area contributed by atoms with Crippen LogP contribution in [0.3, 0.4) is 0 Å². The molecule has 3 aromatic rings. The SMILES string of the molecule is Cc1ncc(-c2cc3cc(CC(=O)CN4CCCC4)ncc3cn2)s1. The van der Waals surface area contributed by atoms with E-state index < -0.39 is 0 Å². The number of Topliss-reactive ketones (excluding diaryl/α,β-unsaturated/α-hetero) is 1. The molecule has 0 N–H and O–H groups in total. The fraction of sp³-hybridized carbons (Fsp3) is 0.368. The van der Waals surface area contributed by atoms with Gasteiger partial charge in [0.15, 0.2) is 5.78 Å². The van der Waals surface area contributed by atoms with Crippen LogP contribution in [0, 0.1) is 6.92 Å². The standard InChI is InChI=1S/C19H20N4OS/c1-13-20-11-19(25-13)18-7-14-6-16(21-9-15(14)10-22-18)8-17(24)12-23-4-2-3-5-23/h6-7,9-11H,2-5,8,12H2,1H3. The van der Waals surface area contributed by atoms with E-state index in [1.807, 2.05) is 31.6 Å². The Morgan fingerprint density at radius 1 is 1.08 bits per heavy atom. The molecular weight excluding hydrogens is 332 g/mol. The van der Waals surface area contributed by atoms with Gasteiger partial charge in [0.1, 0.15) is 0 Å². The molecule has 4 rings (SSSR count). The minimum Gasteiger partial charge on any atom is -0.298 e. The first-order valence-corrected chi connectivity index (χ1v) is 9.40. The first-order valence-electron chi connectivity index (χ1n) is 8.59. The van der Waals surface area contributed by atoms with Gasteiger partial charge >= 0.3 is 0 Å². The molecule has 0 radical (unpaired) electrons. The average Bonchev–Trinajstić information content (AvgIpc) is 3.26. The summed E-state index contributed by atoms with van der Waals surface area (Å²) in [6.07, 6.45) is 8.30. The normalized spacial score (nSPS) is 15.1. The quantitative estimate of drug-likeness (QED) is 0.705. The van der Waals surface area contributed by atoms with Crippen molar-refractivity contribution in [2.45, 2.75) is 26.2 Å². The monoisotopic (exact) mass is 352 g/mol. The summed E-state index contributed by atoms with van der Waals surface area (Å²) in [5, 5.41) is 3.08. The molecule has 0 amide bonds. The summed E-state index contributed by atoms with van der Waals surface area (Å²) in [6.45, 7) is 4.62. The van der Waals surface area contributed by atoms with Gasteiger partial charge in [-0.15, -0.1) is 11.3 Å². The summed E-state index contributed by atoms with van der Waals surface area (Å²) in [5.74, 6) is 0.237. The van der Waals surface area contributed by atoms with Gasteiger partial charge in [-0.1, -0.05) is 0 Å². The zero-order chi connectivity index (χ0) is 17.2. The van der Waals surface area contributed by atoms with Gasteiger partial charge in [-0.2, -0.15) is 0 Å². The number of hydrogen-bond donors (Lipinski definition) is 0. The predicted molar refractivity (Wildman–Crippen MR) is 99.8 cm³/mol. The molecule has 0 saturated carbocycles. The number of pyridine rings is 2. The molecule has 1 aliphatic heterocycles. The molecule has 4 heterocycles. The summed E-state index contributed by atoms with van der Waals surface area (Å²) in [4.78, 5) is 28.8. The Bertz CT molecular complexity index is 915. The summed E-state index contributed by atoms with van der Waals surface area (Å²) >= 11 is 1.63. The molecule has 0 unspecified atom stereocenters. The number of aryl methyl sites for hydroxylation is 1. The lowest BCUT2D eigenvalue weighted by atomic mass is 10.1. The zero-order valence-corrected chi connectivity index (χ0v) is 15.1. The molecule has 25 heavy (non-hydrogen) atoms. The Kier molecular flexibility index (Phi) is 4.55. The number of carbonyl (C=O) groups excluding carboxylic acids is 1. The molecule has 0 aromatic carbocycles. The fourth-order valence-corrected chi connectivity index (χ4v) is 3.99. The van der Waals surface area contributed by atoms with Crippen molar-refractivity contribution in [2.75, 3.05) is 19.6 Å². The van der Waals surface area contributed by atoms with Gasteiger partial charge in [0.25, 0.3) is 0 Å². The van der Waals surface area contributed by atoms with Gasteiger partial charge in [-0.25, -0.2) is 4.98 Å². The molecule has 0 aliphatic carbocycles. The van der Waals surface area contributed by atoms with Crippen LogP contribution in [-0.4, -0.2) is 45.3 Å². The summed E-state index contributed by atoms with van der Waals surface area (Å²) in [6, 6.07) is 4.06. The number of aromatic nitrogens is 3. The largest absolute Gasteiger partial charge is 0.298 e. The molecule has 128 valence electrons. The minimum absolute atomic E-state index is 0.237. The Balaban J connectivity index is 1.54. The topological polar surface area (TPSA) is 59.0 Å². The molecule has 3 aromatic heterocycles. The van der Waals surface area contributed by atoms with E-state index in [4.69, 9.17) is 0 Å². The van der Waals surface area contributed by atoms with Gasteiger partial charge in [0.05, 0.1) is 28.5 Å². The molecular formula is C19H20N4OS. The van der Waals surface area contributed by atoms with Crippen molar-refractivity contribution in [2.24, 2.45) is 0 Å². The second-order valence-corrected chi connectivity index (χ2v) is 7.77. The Labute approximate surface area is 150 Å². The van der Waals surface area contributed by atoms with Crippen LogP contribution >= 0.6 is 11.3 Å². The molecule has 0 bridgehead atoms. The lowest BCUT2D eigenvalue weighted by Gasteiger charge is -2.13. The van der Waals surface area contributed by atoms with Gasteiger partial charge in [-0.3, -0.25) is 19.7 Å². The van der Waals surface area contributed by atoms with Crippen LogP contribution in [0.15, 0.2) is 30.7 Å².